The topological polar surface area (TPSA) is 38.7 Å². The normalized spacial score (nSPS) is 17.5. The molecular weight excluding hydrogens is 154 g/mol. The van der Waals surface area contributed by atoms with Gasteiger partial charge in [-0.25, -0.2) is 0 Å². The summed E-state index contributed by atoms with van der Waals surface area (Å²) < 4.78 is 4.90. The highest BCUT2D eigenvalue weighted by molar-refractivity contribution is 6.03. The first kappa shape index (κ1) is 8.97. The maximum Gasteiger partial charge on any atom is 0.194 e. The maximum atomic E-state index is 10.9. The van der Waals surface area contributed by atoms with Gasteiger partial charge in [-0.1, -0.05) is 0 Å². The second-order valence-corrected chi connectivity index (χ2v) is 2.75. The molecule has 0 unspecified atom stereocenters. The van der Waals surface area contributed by atoms with Crippen molar-refractivity contribution in [3.8, 4) is 0 Å². The van der Waals surface area contributed by atoms with Crippen molar-refractivity contribution in [3.63, 3.8) is 0 Å². The number of methoxy groups -OCH3 is 1. The van der Waals surface area contributed by atoms with E-state index in [9.17, 15) is 4.79 Å². The molecule has 0 fully saturated rings. The van der Waals surface area contributed by atoms with Gasteiger partial charge in [-0.3, -0.25) is 9.79 Å². The predicted octanol–water partition coefficient (Wildman–Crippen LogP) is 1.34. The summed E-state index contributed by atoms with van der Waals surface area (Å²) in [6.45, 7) is 2.37. The molecule has 0 N–H and O–H groups in total. The molecule has 0 aromatic rings. The Balaban J connectivity index is 2.69. The number of ketones is 1. The first-order chi connectivity index (χ1) is 5.74. The van der Waals surface area contributed by atoms with E-state index in [4.69, 9.17) is 4.74 Å². The Hall–Kier alpha value is -1.12. The van der Waals surface area contributed by atoms with Crippen LogP contribution in [0.2, 0.25) is 0 Å². The molecule has 0 atom stereocenters. The molecule has 0 saturated heterocycles. The second kappa shape index (κ2) is 4.04. The minimum Gasteiger partial charge on any atom is -0.493 e. The van der Waals surface area contributed by atoms with Gasteiger partial charge in [-0.05, 0) is 12.8 Å². The molecule has 1 aliphatic heterocycles. The zero-order valence-corrected chi connectivity index (χ0v) is 7.46. The summed E-state index contributed by atoms with van der Waals surface area (Å²) in [6.07, 6.45) is 3.77. The average Bonchev–Trinajstić information content (AvgIpc) is 2.51. The minimum absolute atomic E-state index is 0.0490. The minimum atomic E-state index is -0.0490. The lowest BCUT2D eigenvalue weighted by Crippen LogP contribution is -2.02. The molecule has 1 aliphatic rings. The van der Waals surface area contributed by atoms with E-state index in [1.807, 2.05) is 0 Å². The van der Waals surface area contributed by atoms with Crippen molar-refractivity contribution in [1.29, 1.82) is 0 Å². The monoisotopic (exact) mass is 167 g/mol. The highest BCUT2D eigenvalue weighted by atomic mass is 16.5. The first-order valence-corrected chi connectivity index (χ1v) is 4.04. The van der Waals surface area contributed by atoms with Gasteiger partial charge in [-0.2, -0.15) is 0 Å². The summed E-state index contributed by atoms with van der Waals surface area (Å²) >= 11 is 0. The first-order valence-electron chi connectivity index (χ1n) is 4.04. The summed E-state index contributed by atoms with van der Waals surface area (Å²) in [6, 6.07) is 0. The van der Waals surface area contributed by atoms with Crippen LogP contribution in [0, 0.1) is 0 Å². The zero-order chi connectivity index (χ0) is 8.97. The van der Waals surface area contributed by atoms with Crippen LogP contribution in [0.15, 0.2) is 16.8 Å². The van der Waals surface area contributed by atoms with Gasteiger partial charge in [0.25, 0.3) is 0 Å². The number of nitrogens with zero attached hydrogens (tertiary/aromatic N) is 1. The number of Topliss-reactive ketones (excluding diaryl/α,β-unsaturated/α-hetero) is 1. The van der Waals surface area contributed by atoms with Crippen LogP contribution in [0.4, 0.5) is 0 Å². The fraction of sp³-hybridized carbons (Fsp3) is 0.556. The van der Waals surface area contributed by atoms with Gasteiger partial charge in [0.15, 0.2) is 11.5 Å². The number of ether oxygens (including phenoxy) is 1. The number of rotatable bonds is 3. The molecule has 3 heteroatoms. The van der Waals surface area contributed by atoms with Crippen molar-refractivity contribution in [2.24, 2.45) is 4.99 Å². The molecule has 0 amide bonds. The summed E-state index contributed by atoms with van der Waals surface area (Å²) in [4.78, 5) is 15.1. The Morgan fingerprint density at radius 2 is 2.42 bits per heavy atom. The largest absolute Gasteiger partial charge is 0.493 e. The number of aliphatic imine (C=N–C) groups is 1. The van der Waals surface area contributed by atoms with Crippen molar-refractivity contribution in [2.45, 2.75) is 19.8 Å². The number of carbonyl (C=O) groups excluding carboxylic acids is 1. The fourth-order valence-corrected chi connectivity index (χ4v) is 1.14. The molecule has 0 bridgehead atoms. The molecule has 0 aliphatic carbocycles. The van der Waals surface area contributed by atoms with E-state index in [0.29, 0.717) is 5.76 Å². The van der Waals surface area contributed by atoms with Gasteiger partial charge in [0, 0.05) is 25.3 Å². The quantitative estimate of drug-likeness (QED) is 0.470. The number of allylic oxidation sites excluding steroid dienone is 2. The van der Waals surface area contributed by atoms with Gasteiger partial charge in [0.1, 0.15) is 0 Å². The molecule has 0 saturated carbocycles. The molecule has 3 nitrogen and oxygen atoms in total. The van der Waals surface area contributed by atoms with Crippen LogP contribution in [0.3, 0.4) is 0 Å². The Bertz CT molecular complexity index is 241. The molecule has 0 aromatic heterocycles. The molecule has 66 valence electrons. The van der Waals surface area contributed by atoms with Crippen molar-refractivity contribution < 1.29 is 9.53 Å². The summed E-state index contributed by atoms with van der Waals surface area (Å²) in [5.74, 6) is 0.350. The molecule has 1 heterocycles. The van der Waals surface area contributed by atoms with E-state index in [1.165, 1.54) is 14.0 Å². The third-order valence-electron chi connectivity index (χ3n) is 1.77. The molecule has 0 radical (unpaired) electrons. The van der Waals surface area contributed by atoms with Crippen molar-refractivity contribution >= 4 is 11.5 Å². The molecule has 1 rings (SSSR count). The van der Waals surface area contributed by atoms with E-state index in [2.05, 4.69) is 4.99 Å². The highest BCUT2D eigenvalue weighted by Crippen LogP contribution is 2.08. The summed E-state index contributed by atoms with van der Waals surface area (Å²) in [5, 5.41) is 0. The van der Waals surface area contributed by atoms with E-state index in [-0.39, 0.29) is 5.78 Å². The van der Waals surface area contributed by atoms with Crippen molar-refractivity contribution in [1.82, 2.24) is 0 Å². The fourth-order valence-electron chi connectivity index (χ4n) is 1.14. The molecule has 12 heavy (non-hydrogen) atoms. The standard InChI is InChI=1S/C9H13NO2/c1-7(11)9(12-2)6-8-4-3-5-10-8/h6H,3-5H2,1-2H3/b9-6+. The smallest absolute Gasteiger partial charge is 0.194 e. The highest BCUT2D eigenvalue weighted by Gasteiger charge is 2.08. The van der Waals surface area contributed by atoms with Crippen LogP contribution in [-0.4, -0.2) is 25.1 Å². The van der Waals surface area contributed by atoms with E-state index in [1.54, 1.807) is 6.08 Å². The van der Waals surface area contributed by atoms with Crippen LogP contribution in [0.5, 0.6) is 0 Å². The van der Waals surface area contributed by atoms with Gasteiger partial charge in [0.05, 0.1) is 7.11 Å². The lowest BCUT2D eigenvalue weighted by atomic mass is 10.2. The third-order valence-corrected chi connectivity index (χ3v) is 1.77. The molecule has 0 aromatic carbocycles. The SMILES string of the molecule is CO/C(=C/C1=NCCC1)C(C)=O. The summed E-state index contributed by atoms with van der Waals surface area (Å²) in [7, 11) is 1.50. The molecule has 0 spiro atoms. The number of carbonyl (C=O) groups is 1. The van der Waals surface area contributed by atoms with Crippen molar-refractivity contribution in [2.75, 3.05) is 13.7 Å². The average molecular weight is 167 g/mol. The maximum absolute atomic E-state index is 10.9. The third kappa shape index (κ3) is 2.19. The predicted molar refractivity (Wildman–Crippen MR) is 47.3 cm³/mol. The Morgan fingerprint density at radius 1 is 1.67 bits per heavy atom. The van der Waals surface area contributed by atoms with Crippen LogP contribution in [0.1, 0.15) is 19.8 Å². The van der Waals surface area contributed by atoms with E-state index >= 15 is 0 Å². The van der Waals surface area contributed by atoms with Gasteiger partial charge in [-0.15, -0.1) is 0 Å². The van der Waals surface area contributed by atoms with Crippen LogP contribution >= 0.6 is 0 Å². The van der Waals surface area contributed by atoms with Crippen LogP contribution in [0.25, 0.3) is 0 Å². The van der Waals surface area contributed by atoms with E-state index < -0.39 is 0 Å². The lowest BCUT2D eigenvalue weighted by molar-refractivity contribution is -0.116. The lowest BCUT2D eigenvalue weighted by Gasteiger charge is -2.00. The second-order valence-electron chi connectivity index (χ2n) is 2.75. The number of hydrogen-bond donors (Lipinski definition) is 0. The van der Waals surface area contributed by atoms with Gasteiger partial charge < -0.3 is 4.74 Å². The Morgan fingerprint density at radius 3 is 2.83 bits per heavy atom. The summed E-state index contributed by atoms with van der Waals surface area (Å²) in [5.41, 5.74) is 0.974. The Kier molecular flexibility index (Phi) is 3.02. The number of hydrogen-bond acceptors (Lipinski definition) is 3. The Labute approximate surface area is 72.1 Å². The van der Waals surface area contributed by atoms with Gasteiger partial charge in [0.2, 0.25) is 0 Å². The van der Waals surface area contributed by atoms with Crippen molar-refractivity contribution in [3.05, 3.63) is 11.8 Å². The van der Waals surface area contributed by atoms with Gasteiger partial charge >= 0.3 is 0 Å². The van der Waals surface area contributed by atoms with Crippen LogP contribution in [-0.2, 0) is 9.53 Å². The zero-order valence-electron chi connectivity index (χ0n) is 7.46. The van der Waals surface area contributed by atoms with E-state index in [0.717, 1.165) is 25.1 Å². The van der Waals surface area contributed by atoms with Crippen LogP contribution < -0.4 is 0 Å². The molecular formula is C9H13NO2.